The molecule has 166 valence electrons. The number of benzene rings is 1. The molecular formula is C22H24N6O4. The van der Waals surface area contributed by atoms with Gasteiger partial charge in [0, 0.05) is 25.2 Å². The molecule has 3 aromatic rings. The summed E-state index contributed by atoms with van der Waals surface area (Å²) >= 11 is 0. The average Bonchev–Trinajstić information content (AvgIpc) is 3.20. The molecule has 0 aliphatic carbocycles. The summed E-state index contributed by atoms with van der Waals surface area (Å²) in [5.41, 5.74) is 7.85. The van der Waals surface area contributed by atoms with Crippen molar-refractivity contribution in [2.75, 3.05) is 11.1 Å². The van der Waals surface area contributed by atoms with Crippen LogP contribution >= 0.6 is 0 Å². The van der Waals surface area contributed by atoms with Crippen molar-refractivity contribution in [2.45, 2.75) is 38.9 Å². The van der Waals surface area contributed by atoms with E-state index in [2.05, 4.69) is 20.6 Å². The lowest BCUT2D eigenvalue weighted by Crippen LogP contribution is -2.36. The van der Waals surface area contributed by atoms with E-state index in [0.29, 0.717) is 30.0 Å². The summed E-state index contributed by atoms with van der Waals surface area (Å²) in [5, 5.41) is 24.9. The lowest BCUT2D eigenvalue weighted by Gasteiger charge is -2.16. The van der Waals surface area contributed by atoms with Crippen LogP contribution in [-0.4, -0.2) is 30.7 Å². The molecular weight excluding hydrogens is 412 g/mol. The van der Waals surface area contributed by atoms with Crippen molar-refractivity contribution in [1.82, 2.24) is 19.9 Å². The van der Waals surface area contributed by atoms with Gasteiger partial charge in [-0.3, -0.25) is 14.2 Å². The van der Waals surface area contributed by atoms with E-state index in [9.17, 15) is 19.8 Å². The lowest BCUT2D eigenvalue weighted by molar-refractivity contribution is -0.124. The first-order valence-electron chi connectivity index (χ1n) is 10.2. The zero-order valence-electron chi connectivity index (χ0n) is 17.5. The van der Waals surface area contributed by atoms with Crippen LogP contribution in [0.15, 0.2) is 41.3 Å². The summed E-state index contributed by atoms with van der Waals surface area (Å²) in [7, 11) is 0. The second-order valence-electron chi connectivity index (χ2n) is 7.69. The van der Waals surface area contributed by atoms with Crippen LogP contribution in [0.1, 0.15) is 35.1 Å². The standard InChI is InChI=1S/C22H24N6O4/c1-12-14(3-6-19(23)27-12)10-26-21(31)16-4-7-20-25-11-15(22(32)28(16)20)24-9-13-2-5-17(29)18(30)8-13/h2-3,5-6,8,11,16,24,29-30H,4,7,9-10H2,1H3,(H2,23,27)(H,26,31)/t16-/m0/s1. The highest BCUT2D eigenvalue weighted by Crippen LogP contribution is 2.26. The van der Waals surface area contributed by atoms with Gasteiger partial charge in [0.25, 0.3) is 5.56 Å². The maximum absolute atomic E-state index is 13.1. The van der Waals surface area contributed by atoms with Gasteiger partial charge in [-0.2, -0.15) is 0 Å². The Bertz CT molecular complexity index is 1240. The van der Waals surface area contributed by atoms with Gasteiger partial charge in [0.2, 0.25) is 5.91 Å². The Hall–Kier alpha value is -4.08. The molecule has 0 saturated heterocycles. The first-order chi connectivity index (χ1) is 15.3. The van der Waals surface area contributed by atoms with E-state index >= 15 is 0 Å². The number of carbonyl (C=O) groups excluding carboxylic acids is 1. The summed E-state index contributed by atoms with van der Waals surface area (Å²) in [6.07, 6.45) is 2.47. The number of hydrogen-bond acceptors (Lipinski definition) is 8. The Balaban J connectivity index is 1.48. The average molecular weight is 436 g/mol. The van der Waals surface area contributed by atoms with Crippen LogP contribution < -0.4 is 21.9 Å². The number of hydrogen-bond donors (Lipinski definition) is 5. The molecule has 10 nitrogen and oxygen atoms in total. The fraction of sp³-hybridized carbons (Fsp3) is 0.273. The van der Waals surface area contributed by atoms with Crippen LogP contribution in [0.5, 0.6) is 11.5 Å². The molecule has 1 amide bonds. The van der Waals surface area contributed by atoms with Crippen molar-refractivity contribution in [2.24, 2.45) is 0 Å². The van der Waals surface area contributed by atoms with E-state index in [0.717, 1.165) is 11.3 Å². The van der Waals surface area contributed by atoms with Crippen LogP contribution in [0.3, 0.4) is 0 Å². The van der Waals surface area contributed by atoms with Crippen molar-refractivity contribution < 1.29 is 15.0 Å². The number of amides is 1. The van der Waals surface area contributed by atoms with E-state index in [1.807, 2.05) is 13.0 Å². The van der Waals surface area contributed by atoms with E-state index in [1.54, 1.807) is 12.1 Å². The lowest BCUT2D eigenvalue weighted by atomic mass is 10.1. The van der Waals surface area contributed by atoms with Gasteiger partial charge in [0.15, 0.2) is 11.5 Å². The number of carbonyl (C=O) groups is 1. The molecule has 0 spiro atoms. The van der Waals surface area contributed by atoms with Crippen molar-refractivity contribution in [3.8, 4) is 11.5 Å². The van der Waals surface area contributed by atoms with Gasteiger partial charge in [-0.15, -0.1) is 0 Å². The zero-order valence-corrected chi connectivity index (χ0v) is 17.5. The number of phenolic OH excluding ortho intramolecular Hbond substituents is 2. The summed E-state index contributed by atoms with van der Waals surface area (Å²) in [6.45, 7) is 2.35. The third-order valence-electron chi connectivity index (χ3n) is 5.52. The van der Waals surface area contributed by atoms with Crippen LogP contribution in [0.4, 0.5) is 11.5 Å². The highest BCUT2D eigenvalue weighted by Gasteiger charge is 2.31. The minimum Gasteiger partial charge on any atom is -0.504 e. The molecule has 1 atom stereocenters. The van der Waals surface area contributed by atoms with Crippen molar-refractivity contribution in [3.05, 3.63) is 69.5 Å². The van der Waals surface area contributed by atoms with Crippen LogP contribution in [0, 0.1) is 6.92 Å². The molecule has 0 bridgehead atoms. The van der Waals surface area contributed by atoms with Gasteiger partial charge in [-0.1, -0.05) is 12.1 Å². The molecule has 1 aliphatic heterocycles. The Morgan fingerprint density at radius 2 is 2.03 bits per heavy atom. The molecule has 10 heteroatoms. The molecule has 3 heterocycles. The third-order valence-corrected chi connectivity index (χ3v) is 5.52. The van der Waals surface area contributed by atoms with Gasteiger partial charge in [-0.25, -0.2) is 9.97 Å². The van der Waals surface area contributed by atoms with Crippen LogP contribution in [-0.2, 0) is 24.3 Å². The summed E-state index contributed by atoms with van der Waals surface area (Å²) in [6, 6.07) is 7.26. The molecule has 0 saturated carbocycles. The van der Waals surface area contributed by atoms with Gasteiger partial charge in [0.1, 0.15) is 23.4 Å². The number of anilines is 2. The van der Waals surface area contributed by atoms with Crippen LogP contribution in [0.25, 0.3) is 0 Å². The maximum atomic E-state index is 13.1. The highest BCUT2D eigenvalue weighted by molar-refractivity contribution is 5.81. The molecule has 4 rings (SSSR count). The quantitative estimate of drug-likeness (QED) is 0.363. The van der Waals surface area contributed by atoms with Gasteiger partial charge < -0.3 is 26.6 Å². The van der Waals surface area contributed by atoms with Crippen LogP contribution in [0.2, 0.25) is 0 Å². The molecule has 0 fully saturated rings. The normalized spacial score (nSPS) is 14.7. The number of aryl methyl sites for hydroxylation is 2. The molecule has 32 heavy (non-hydrogen) atoms. The minimum absolute atomic E-state index is 0.216. The third kappa shape index (κ3) is 4.20. The Labute approximate surface area is 183 Å². The number of aromatic nitrogens is 3. The Morgan fingerprint density at radius 3 is 2.78 bits per heavy atom. The number of nitrogens with zero attached hydrogens (tertiary/aromatic N) is 3. The maximum Gasteiger partial charge on any atom is 0.277 e. The number of fused-ring (bicyclic) bond motifs is 1. The number of aromatic hydroxyl groups is 2. The molecule has 1 aromatic carbocycles. The second kappa shape index (κ2) is 8.58. The number of nitrogen functional groups attached to an aromatic ring is 1. The number of nitrogens with one attached hydrogen (secondary N) is 2. The summed E-state index contributed by atoms with van der Waals surface area (Å²) < 4.78 is 1.43. The van der Waals surface area contributed by atoms with E-state index in [1.165, 1.54) is 22.9 Å². The fourth-order valence-electron chi connectivity index (χ4n) is 3.75. The number of pyridine rings is 1. The molecule has 1 aliphatic rings. The first-order valence-corrected chi connectivity index (χ1v) is 10.2. The van der Waals surface area contributed by atoms with Gasteiger partial charge in [-0.05, 0) is 42.7 Å². The van der Waals surface area contributed by atoms with Crippen molar-refractivity contribution in [3.63, 3.8) is 0 Å². The predicted molar refractivity (Wildman–Crippen MR) is 118 cm³/mol. The summed E-state index contributed by atoms with van der Waals surface area (Å²) in [4.78, 5) is 34.4. The van der Waals surface area contributed by atoms with E-state index < -0.39 is 6.04 Å². The molecule has 6 N–H and O–H groups in total. The van der Waals surface area contributed by atoms with E-state index in [4.69, 9.17) is 5.73 Å². The van der Waals surface area contributed by atoms with Gasteiger partial charge in [0.05, 0.1) is 6.20 Å². The second-order valence-corrected chi connectivity index (χ2v) is 7.69. The number of phenols is 2. The van der Waals surface area contributed by atoms with Crippen molar-refractivity contribution >= 4 is 17.4 Å². The molecule has 0 unspecified atom stereocenters. The molecule has 0 radical (unpaired) electrons. The smallest absolute Gasteiger partial charge is 0.277 e. The fourth-order valence-corrected chi connectivity index (χ4v) is 3.75. The van der Waals surface area contributed by atoms with E-state index in [-0.39, 0.29) is 41.7 Å². The molecule has 2 aromatic heterocycles. The monoisotopic (exact) mass is 436 g/mol. The first kappa shape index (κ1) is 21.2. The SMILES string of the molecule is Cc1nc(N)ccc1CNC(=O)[C@@H]1CCc2ncc(NCc3ccc(O)c(O)c3)c(=O)n21. The predicted octanol–water partition coefficient (Wildman–Crippen LogP) is 1.36. The highest BCUT2D eigenvalue weighted by atomic mass is 16.3. The number of rotatable bonds is 6. The van der Waals surface area contributed by atoms with Crippen molar-refractivity contribution in [1.29, 1.82) is 0 Å². The zero-order chi connectivity index (χ0) is 22.8. The number of nitrogens with two attached hydrogens (primary N) is 1. The topological polar surface area (TPSA) is 155 Å². The van der Waals surface area contributed by atoms with Gasteiger partial charge >= 0.3 is 0 Å². The Kier molecular flexibility index (Phi) is 5.67. The minimum atomic E-state index is -0.647. The summed E-state index contributed by atoms with van der Waals surface area (Å²) in [5.74, 6) is 0.267. The Morgan fingerprint density at radius 1 is 1.22 bits per heavy atom. The largest absolute Gasteiger partial charge is 0.504 e.